The van der Waals surface area contributed by atoms with E-state index >= 15 is 0 Å². The molecule has 12 heteroatoms. The second-order valence-electron chi connectivity index (χ2n) is 6.97. The fraction of sp³-hybridized carbons (Fsp3) is 0.353. The molecule has 4 rings (SSSR count). The van der Waals surface area contributed by atoms with Gasteiger partial charge in [0.05, 0.1) is 10.6 Å². The summed E-state index contributed by atoms with van der Waals surface area (Å²) >= 11 is 5.75. The summed E-state index contributed by atoms with van der Waals surface area (Å²) in [5.41, 5.74) is -0.428. The minimum atomic E-state index is -3.88. The maximum absolute atomic E-state index is 13.3. The average Bonchev–Trinajstić information content (AvgIpc) is 3.18. The molecule has 8 nitrogen and oxygen atoms in total. The second-order valence-corrected chi connectivity index (χ2v) is 9.02. The zero-order chi connectivity index (χ0) is 20.1. The Hall–Kier alpha value is -1.85. The van der Waals surface area contributed by atoms with Crippen LogP contribution in [0.2, 0.25) is 5.02 Å². The molecule has 1 spiro atoms. The molecule has 2 aromatic rings. The van der Waals surface area contributed by atoms with Crippen LogP contribution < -0.4 is 20.1 Å². The summed E-state index contributed by atoms with van der Waals surface area (Å²) in [5.74, 6) is -1.21. The predicted octanol–water partition coefficient (Wildman–Crippen LogP) is 1.89. The smallest absolute Gasteiger partial charge is 0.276 e. The van der Waals surface area contributed by atoms with E-state index < -0.39 is 27.3 Å². The highest BCUT2D eigenvalue weighted by molar-refractivity contribution is 7.89. The minimum Gasteiger partial charge on any atom is -0.488 e. The normalized spacial score (nSPS) is 22.3. The van der Waals surface area contributed by atoms with Gasteiger partial charge in [-0.2, -0.15) is 0 Å². The molecule has 29 heavy (non-hydrogen) atoms. The van der Waals surface area contributed by atoms with E-state index in [1.54, 1.807) is 7.05 Å². The second kappa shape index (κ2) is 7.77. The van der Waals surface area contributed by atoms with Crippen molar-refractivity contribution in [1.82, 2.24) is 14.6 Å². The van der Waals surface area contributed by atoms with E-state index in [-0.39, 0.29) is 46.1 Å². The Bertz CT molecular complexity index is 1070. The molecule has 1 amide bonds. The lowest BCUT2D eigenvalue weighted by Gasteiger charge is -2.26. The summed E-state index contributed by atoms with van der Waals surface area (Å²) in [4.78, 5) is 12.7. The first kappa shape index (κ1) is 21.8. The summed E-state index contributed by atoms with van der Waals surface area (Å²) in [6.07, 6.45) is 1.92. The molecule has 0 radical (unpaired) electrons. The maximum atomic E-state index is 13.3. The highest BCUT2D eigenvalue weighted by Crippen LogP contribution is 2.35. The largest absolute Gasteiger partial charge is 0.488 e. The van der Waals surface area contributed by atoms with Crippen molar-refractivity contribution in [1.29, 1.82) is 0 Å². The van der Waals surface area contributed by atoms with Gasteiger partial charge in [0.15, 0.2) is 11.4 Å². The molecule has 158 valence electrons. The van der Waals surface area contributed by atoms with E-state index in [1.165, 1.54) is 22.9 Å². The van der Waals surface area contributed by atoms with Crippen LogP contribution in [0.1, 0.15) is 16.9 Å². The molecule has 1 aromatic heterocycles. The first-order valence-corrected chi connectivity index (χ1v) is 10.4. The van der Waals surface area contributed by atoms with Gasteiger partial charge in [0.1, 0.15) is 17.3 Å². The van der Waals surface area contributed by atoms with Crippen molar-refractivity contribution < 1.29 is 22.3 Å². The van der Waals surface area contributed by atoms with E-state index in [9.17, 15) is 17.6 Å². The molecule has 0 aliphatic carbocycles. The summed E-state index contributed by atoms with van der Waals surface area (Å²) in [5, 5.41) is 5.58. The van der Waals surface area contributed by atoms with Gasteiger partial charge in [-0.25, -0.2) is 17.5 Å². The van der Waals surface area contributed by atoms with Gasteiger partial charge in [0.25, 0.3) is 5.91 Å². The van der Waals surface area contributed by atoms with Crippen molar-refractivity contribution in [3.63, 3.8) is 0 Å². The SMILES string of the molecule is Cl.Cn1cc2c(c1C(=O)Nc1ccc(F)c(Cl)c1)OCC1(CCNC1)NS2(=O)=O. The van der Waals surface area contributed by atoms with E-state index in [4.69, 9.17) is 16.3 Å². The van der Waals surface area contributed by atoms with Crippen LogP contribution in [-0.2, 0) is 17.1 Å². The molecule has 3 heterocycles. The number of fused-ring (bicyclic) bond motifs is 1. The molecule has 2 aliphatic heterocycles. The van der Waals surface area contributed by atoms with Crippen molar-refractivity contribution in [2.45, 2.75) is 16.9 Å². The van der Waals surface area contributed by atoms with Gasteiger partial charge in [0, 0.05) is 25.5 Å². The van der Waals surface area contributed by atoms with Crippen LogP contribution in [0.5, 0.6) is 5.75 Å². The zero-order valence-electron chi connectivity index (χ0n) is 15.3. The number of benzene rings is 1. The first-order chi connectivity index (χ1) is 13.2. The Morgan fingerprint density at radius 1 is 1.41 bits per heavy atom. The first-order valence-electron chi connectivity index (χ1n) is 8.54. The standard InChI is InChI=1S/C17H18ClFN4O4S.ClH/c1-23-7-13-15(27-9-17(4-5-20-8-17)22-28(13,25)26)14(23)16(24)21-10-2-3-12(19)11(18)6-10;/h2-3,6-7,20,22H,4-5,8-9H2,1H3,(H,21,24);1H. The predicted molar refractivity (Wildman–Crippen MR) is 108 cm³/mol. The third-order valence-corrected chi connectivity index (χ3v) is 6.73. The maximum Gasteiger partial charge on any atom is 0.276 e. The number of sulfonamides is 1. The lowest BCUT2D eigenvalue weighted by atomic mass is 10.0. The van der Waals surface area contributed by atoms with Crippen LogP contribution in [0.4, 0.5) is 10.1 Å². The molecule has 0 saturated carbocycles. The molecular weight excluding hydrogens is 446 g/mol. The number of ether oxygens (including phenoxy) is 1. The van der Waals surface area contributed by atoms with Crippen molar-refractivity contribution in [3.8, 4) is 5.75 Å². The number of rotatable bonds is 2. The molecule has 1 saturated heterocycles. The quantitative estimate of drug-likeness (QED) is 0.629. The van der Waals surface area contributed by atoms with Gasteiger partial charge in [-0.15, -0.1) is 12.4 Å². The Morgan fingerprint density at radius 3 is 2.83 bits per heavy atom. The fourth-order valence-electron chi connectivity index (χ4n) is 3.47. The molecule has 0 bridgehead atoms. The van der Waals surface area contributed by atoms with Crippen LogP contribution in [0.15, 0.2) is 29.3 Å². The van der Waals surface area contributed by atoms with Crippen molar-refractivity contribution in [2.24, 2.45) is 7.05 Å². The monoisotopic (exact) mass is 464 g/mol. The van der Waals surface area contributed by atoms with Crippen LogP contribution in [0.25, 0.3) is 0 Å². The molecule has 1 aromatic carbocycles. The molecule has 1 fully saturated rings. The Balaban J connectivity index is 0.00000240. The minimum absolute atomic E-state index is 0. The third-order valence-electron chi connectivity index (χ3n) is 4.87. The third kappa shape index (κ3) is 3.95. The van der Waals surface area contributed by atoms with Gasteiger partial charge >= 0.3 is 0 Å². The van der Waals surface area contributed by atoms with Crippen molar-refractivity contribution in [2.75, 3.05) is 25.0 Å². The molecule has 1 unspecified atom stereocenters. The number of hydrogen-bond donors (Lipinski definition) is 3. The highest BCUT2D eigenvalue weighted by Gasteiger charge is 2.44. The summed E-state index contributed by atoms with van der Waals surface area (Å²) < 4.78 is 49.0. The van der Waals surface area contributed by atoms with Crippen molar-refractivity contribution in [3.05, 3.63) is 40.9 Å². The number of aromatic nitrogens is 1. The van der Waals surface area contributed by atoms with E-state index in [0.29, 0.717) is 19.5 Å². The van der Waals surface area contributed by atoms with Crippen molar-refractivity contribution >= 4 is 45.6 Å². The van der Waals surface area contributed by atoms with Gasteiger partial charge < -0.3 is 19.9 Å². The molecule has 3 N–H and O–H groups in total. The number of aryl methyl sites for hydroxylation is 1. The number of nitrogens with zero attached hydrogens (tertiary/aromatic N) is 1. The number of hydrogen-bond acceptors (Lipinski definition) is 5. The topological polar surface area (TPSA) is 101 Å². The number of amides is 1. The lowest BCUT2D eigenvalue weighted by molar-refractivity contribution is 0.101. The molecule has 2 aliphatic rings. The van der Waals surface area contributed by atoms with Crippen LogP contribution >= 0.6 is 24.0 Å². The number of carbonyl (C=O) groups excluding carboxylic acids is 1. The Kier molecular flexibility index (Phi) is 5.85. The van der Waals surface area contributed by atoms with Gasteiger partial charge in [-0.05, 0) is 31.2 Å². The molecule has 1 atom stereocenters. The Morgan fingerprint density at radius 2 is 2.17 bits per heavy atom. The molecular formula is C17H19Cl2FN4O4S. The zero-order valence-corrected chi connectivity index (χ0v) is 17.7. The fourth-order valence-corrected chi connectivity index (χ4v) is 5.26. The highest BCUT2D eigenvalue weighted by atomic mass is 35.5. The van der Waals surface area contributed by atoms with Gasteiger partial charge in [0.2, 0.25) is 10.0 Å². The number of halogens is 3. The summed E-state index contributed by atoms with van der Waals surface area (Å²) in [6, 6.07) is 3.76. The van der Waals surface area contributed by atoms with E-state index in [2.05, 4.69) is 15.4 Å². The van der Waals surface area contributed by atoms with E-state index in [1.807, 2.05) is 0 Å². The number of anilines is 1. The summed E-state index contributed by atoms with van der Waals surface area (Å²) in [6.45, 7) is 1.21. The average molecular weight is 465 g/mol. The lowest BCUT2D eigenvalue weighted by Crippen LogP contribution is -2.52. The summed E-state index contributed by atoms with van der Waals surface area (Å²) in [7, 11) is -2.33. The van der Waals surface area contributed by atoms with Gasteiger partial charge in [-0.3, -0.25) is 4.79 Å². The van der Waals surface area contributed by atoms with Crippen LogP contribution in [-0.4, -0.2) is 44.1 Å². The van der Waals surface area contributed by atoms with Crippen LogP contribution in [0.3, 0.4) is 0 Å². The van der Waals surface area contributed by atoms with Crippen LogP contribution in [0, 0.1) is 5.82 Å². The van der Waals surface area contributed by atoms with E-state index in [0.717, 1.165) is 6.07 Å². The number of nitrogens with one attached hydrogen (secondary N) is 3. The number of carbonyl (C=O) groups is 1. The van der Waals surface area contributed by atoms with Gasteiger partial charge in [-0.1, -0.05) is 11.6 Å². The Labute approximate surface area is 178 Å².